The standard InChI is InChI=1S/C43H42N4O5/c1-42(2,3)44-41(52)43(38(49)30-15-6-4-7-16-30)37(34-20-12-13-21-35(34)48)36(39(50)46-26-24-45(25-27-46)32-18-8-5-9-19-32)40(51)47(43)33-23-22-29-14-10-11-17-31(29)28-33/h4-23,28,36-37,48H,24-27H2,1-3H3,(H,44,52). The smallest absolute Gasteiger partial charge is 0.255 e. The van der Waals surface area contributed by atoms with E-state index in [-0.39, 0.29) is 16.9 Å². The highest BCUT2D eigenvalue weighted by Gasteiger charge is 2.70. The van der Waals surface area contributed by atoms with E-state index in [0.717, 1.165) is 16.5 Å². The van der Waals surface area contributed by atoms with Crippen LogP contribution in [0.15, 0.2) is 127 Å². The number of rotatable bonds is 7. The number of hydrogen-bond donors (Lipinski definition) is 2. The van der Waals surface area contributed by atoms with Gasteiger partial charge in [-0.25, -0.2) is 0 Å². The van der Waals surface area contributed by atoms with Crippen molar-refractivity contribution in [3.63, 3.8) is 0 Å². The van der Waals surface area contributed by atoms with Gasteiger partial charge >= 0.3 is 0 Å². The van der Waals surface area contributed by atoms with Gasteiger partial charge in [0.15, 0.2) is 11.3 Å². The fourth-order valence-electron chi connectivity index (χ4n) is 7.74. The van der Waals surface area contributed by atoms with E-state index in [0.29, 0.717) is 31.9 Å². The minimum atomic E-state index is -2.32. The Hall–Kier alpha value is -5.96. The number of phenols is 1. The van der Waals surface area contributed by atoms with E-state index in [1.54, 1.807) is 86.3 Å². The summed E-state index contributed by atoms with van der Waals surface area (Å²) in [4.78, 5) is 66.2. The Morgan fingerprint density at radius 2 is 1.31 bits per heavy atom. The van der Waals surface area contributed by atoms with Gasteiger partial charge in [0, 0.05) is 60.1 Å². The summed E-state index contributed by atoms with van der Waals surface area (Å²) in [6.45, 7) is 7.12. The molecule has 264 valence electrons. The molecule has 0 aliphatic carbocycles. The van der Waals surface area contributed by atoms with E-state index >= 15 is 19.2 Å². The molecule has 0 radical (unpaired) electrons. The molecule has 2 N–H and O–H groups in total. The lowest BCUT2D eigenvalue weighted by molar-refractivity contribution is -0.140. The van der Waals surface area contributed by atoms with Crippen molar-refractivity contribution >= 4 is 45.7 Å². The van der Waals surface area contributed by atoms with Crippen LogP contribution in [0, 0.1) is 5.92 Å². The fraction of sp³-hybridized carbons (Fsp3) is 0.256. The molecule has 2 aliphatic heterocycles. The molecule has 0 saturated carbocycles. The summed E-state index contributed by atoms with van der Waals surface area (Å²) in [5.74, 6) is -5.72. The van der Waals surface area contributed by atoms with Gasteiger partial charge in [0.1, 0.15) is 11.7 Å². The van der Waals surface area contributed by atoms with Crippen LogP contribution in [0.25, 0.3) is 10.8 Å². The molecule has 3 atom stereocenters. The van der Waals surface area contributed by atoms with Crippen molar-refractivity contribution < 1.29 is 24.3 Å². The number of para-hydroxylation sites is 2. The molecular weight excluding hydrogens is 652 g/mol. The van der Waals surface area contributed by atoms with Gasteiger partial charge in [-0.1, -0.05) is 97.1 Å². The number of amides is 3. The fourth-order valence-corrected chi connectivity index (χ4v) is 7.74. The molecule has 7 rings (SSSR count). The first kappa shape index (κ1) is 34.5. The zero-order chi connectivity index (χ0) is 36.6. The summed E-state index contributed by atoms with van der Waals surface area (Å²) in [5, 5.41) is 16.2. The van der Waals surface area contributed by atoms with Crippen LogP contribution in [-0.2, 0) is 14.4 Å². The number of hydrogen-bond acceptors (Lipinski definition) is 6. The summed E-state index contributed by atoms with van der Waals surface area (Å²) < 4.78 is 0. The van der Waals surface area contributed by atoms with Gasteiger partial charge in [0.25, 0.3) is 5.91 Å². The first-order valence-corrected chi connectivity index (χ1v) is 17.6. The van der Waals surface area contributed by atoms with Crippen LogP contribution in [-0.4, -0.2) is 70.8 Å². The van der Waals surface area contributed by atoms with Gasteiger partial charge in [-0.2, -0.15) is 0 Å². The highest BCUT2D eigenvalue weighted by molar-refractivity contribution is 6.30. The summed E-state index contributed by atoms with van der Waals surface area (Å²) in [7, 11) is 0. The Bertz CT molecular complexity index is 2140. The van der Waals surface area contributed by atoms with Crippen molar-refractivity contribution in [3.8, 4) is 5.75 Å². The van der Waals surface area contributed by atoms with E-state index in [2.05, 4.69) is 10.2 Å². The number of carbonyl (C=O) groups excluding carboxylic acids is 4. The number of nitrogens with zero attached hydrogens (tertiary/aromatic N) is 3. The van der Waals surface area contributed by atoms with Crippen LogP contribution >= 0.6 is 0 Å². The first-order chi connectivity index (χ1) is 25.0. The molecule has 0 bridgehead atoms. The third-order valence-corrected chi connectivity index (χ3v) is 10.1. The number of phenolic OH excluding ortho intramolecular Hbond substituents is 1. The van der Waals surface area contributed by atoms with Crippen LogP contribution in [0.4, 0.5) is 11.4 Å². The topological polar surface area (TPSA) is 110 Å². The lowest BCUT2D eigenvalue weighted by atomic mass is 9.69. The summed E-state index contributed by atoms with van der Waals surface area (Å²) in [6.07, 6.45) is 0. The predicted octanol–water partition coefficient (Wildman–Crippen LogP) is 6.18. The number of Topliss-reactive ketones (excluding diaryl/α,β-unsaturated/α-hetero) is 1. The lowest BCUT2D eigenvalue weighted by Gasteiger charge is -2.42. The molecule has 3 amide bonds. The highest BCUT2D eigenvalue weighted by atomic mass is 16.3. The van der Waals surface area contributed by atoms with E-state index in [1.807, 2.05) is 60.7 Å². The van der Waals surface area contributed by atoms with Gasteiger partial charge in [-0.3, -0.25) is 24.1 Å². The van der Waals surface area contributed by atoms with Crippen molar-refractivity contribution in [2.24, 2.45) is 5.92 Å². The number of anilines is 2. The number of carbonyl (C=O) groups is 4. The van der Waals surface area contributed by atoms with Crippen LogP contribution in [0.2, 0.25) is 0 Å². The second-order valence-corrected chi connectivity index (χ2v) is 14.5. The second kappa shape index (κ2) is 13.6. The van der Waals surface area contributed by atoms with Crippen LogP contribution in [0.5, 0.6) is 5.75 Å². The van der Waals surface area contributed by atoms with Gasteiger partial charge < -0.3 is 20.2 Å². The number of ketones is 1. The number of piperazine rings is 1. The molecule has 2 aliphatic rings. The Labute approximate surface area is 303 Å². The monoisotopic (exact) mass is 694 g/mol. The lowest BCUT2D eigenvalue weighted by Crippen LogP contribution is -2.66. The molecule has 5 aromatic rings. The maximum Gasteiger partial charge on any atom is 0.255 e. The number of nitrogens with one attached hydrogen (secondary N) is 1. The van der Waals surface area contributed by atoms with E-state index in [9.17, 15) is 5.11 Å². The third kappa shape index (κ3) is 6.06. The number of fused-ring (bicyclic) bond motifs is 1. The van der Waals surface area contributed by atoms with E-state index in [1.165, 1.54) is 11.0 Å². The first-order valence-electron chi connectivity index (χ1n) is 17.6. The molecule has 0 aromatic heterocycles. The second-order valence-electron chi connectivity index (χ2n) is 14.5. The van der Waals surface area contributed by atoms with Crippen LogP contribution in [0.3, 0.4) is 0 Å². The zero-order valence-electron chi connectivity index (χ0n) is 29.5. The van der Waals surface area contributed by atoms with Gasteiger partial charge in [0.2, 0.25) is 11.8 Å². The average Bonchev–Trinajstić information content (AvgIpc) is 3.43. The van der Waals surface area contributed by atoms with Crippen molar-refractivity contribution in [1.82, 2.24) is 10.2 Å². The van der Waals surface area contributed by atoms with Crippen LogP contribution in [0.1, 0.15) is 42.6 Å². The Morgan fingerprint density at radius 3 is 1.96 bits per heavy atom. The molecule has 52 heavy (non-hydrogen) atoms. The Morgan fingerprint density at radius 1 is 0.712 bits per heavy atom. The van der Waals surface area contributed by atoms with Crippen molar-refractivity contribution in [3.05, 3.63) is 139 Å². The molecule has 2 saturated heterocycles. The summed E-state index contributed by atoms with van der Waals surface area (Å²) >= 11 is 0. The quantitative estimate of drug-likeness (QED) is 0.156. The predicted molar refractivity (Wildman–Crippen MR) is 202 cm³/mol. The zero-order valence-corrected chi connectivity index (χ0v) is 29.5. The molecular formula is C43H42N4O5. The largest absolute Gasteiger partial charge is 0.508 e. The molecule has 0 spiro atoms. The van der Waals surface area contributed by atoms with Gasteiger partial charge in [0.05, 0.1) is 0 Å². The minimum absolute atomic E-state index is 0.161. The summed E-state index contributed by atoms with van der Waals surface area (Å²) in [6, 6.07) is 37.6. The molecule has 2 heterocycles. The van der Waals surface area contributed by atoms with E-state index in [4.69, 9.17) is 0 Å². The van der Waals surface area contributed by atoms with Crippen molar-refractivity contribution in [2.45, 2.75) is 37.8 Å². The SMILES string of the molecule is CC(C)(C)NC(=O)C1(C(=O)c2ccccc2)C(c2ccccc2O)C(C(=O)N2CCN(c3ccccc3)CC2)C(=O)N1c1ccc2ccccc2c1. The van der Waals surface area contributed by atoms with Crippen LogP contribution < -0.4 is 15.1 Å². The van der Waals surface area contributed by atoms with Crippen molar-refractivity contribution in [1.29, 1.82) is 0 Å². The maximum atomic E-state index is 15.5. The molecule has 5 aromatic carbocycles. The summed E-state index contributed by atoms with van der Waals surface area (Å²) in [5.41, 5.74) is -1.48. The van der Waals surface area contributed by atoms with Crippen molar-refractivity contribution in [2.75, 3.05) is 36.0 Å². The minimum Gasteiger partial charge on any atom is -0.508 e. The average molecular weight is 695 g/mol. The normalized spacial score (nSPS) is 20.6. The number of aromatic hydroxyl groups is 1. The number of benzene rings is 5. The Kier molecular flexibility index (Phi) is 9.04. The molecule has 9 heteroatoms. The molecule has 9 nitrogen and oxygen atoms in total. The maximum absolute atomic E-state index is 15.5. The van der Waals surface area contributed by atoms with Gasteiger partial charge in [-0.15, -0.1) is 0 Å². The third-order valence-electron chi connectivity index (χ3n) is 10.1. The molecule has 3 unspecified atom stereocenters. The van der Waals surface area contributed by atoms with E-state index < -0.39 is 46.4 Å². The highest BCUT2D eigenvalue weighted by Crippen LogP contribution is 2.53. The van der Waals surface area contributed by atoms with Gasteiger partial charge in [-0.05, 0) is 61.9 Å². The Balaban J connectivity index is 1.46. The molecule has 2 fully saturated rings.